The Labute approximate surface area is 301 Å². The Bertz CT molecular complexity index is 1760. The van der Waals surface area contributed by atoms with Gasteiger partial charge in [-0.25, -0.2) is 9.18 Å². The number of nitrogens with zero attached hydrogens (tertiary/aromatic N) is 1. The third kappa shape index (κ3) is 9.30. The second-order valence-corrected chi connectivity index (χ2v) is 14.1. The summed E-state index contributed by atoms with van der Waals surface area (Å²) in [6.45, 7) is 7.75. The van der Waals surface area contributed by atoms with E-state index >= 15 is 0 Å². The largest absolute Gasteiger partial charge is 0.463 e. The lowest BCUT2D eigenvalue weighted by atomic mass is 9.78. The fourth-order valence-corrected chi connectivity index (χ4v) is 6.49. The number of para-hydroxylation sites is 1. The number of halogens is 4. The first-order valence-electron chi connectivity index (χ1n) is 17.7. The number of H-pyrrole nitrogens is 1. The number of aryl methyl sites for hydroxylation is 1. The van der Waals surface area contributed by atoms with E-state index in [1.807, 2.05) is 32.8 Å². The number of carbonyl (C=O) groups is 4. The van der Waals surface area contributed by atoms with E-state index in [1.54, 1.807) is 19.9 Å². The number of likely N-dealkylation sites (N-methyl/N-ethyl adjacent to an activating group) is 1. The van der Waals surface area contributed by atoms with Crippen LogP contribution in [0.2, 0.25) is 0 Å². The van der Waals surface area contributed by atoms with Gasteiger partial charge in [-0.15, -0.1) is 0 Å². The number of alkyl halides is 3. The Morgan fingerprint density at radius 3 is 2.27 bits per heavy atom. The molecular formula is C38H49F4N5O5. The third-order valence-electron chi connectivity index (χ3n) is 10.1. The highest BCUT2D eigenvalue weighted by atomic mass is 19.4. The van der Waals surface area contributed by atoms with E-state index in [0.717, 1.165) is 6.07 Å². The number of benzene rings is 2. The molecule has 0 fully saturated rings. The molecule has 0 aliphatic heterocycles. The van der Waals surface area contributed by atoms with Gasteiger partial charge in [0.2, 0.25) is 17.7 Å². The van der Waals surface area contributed by atoms with Gasteiger partial charge in [0.05, 0.1) is 17.5 Å². The molecule has 4 N–H and O–H groups in total. The van der Waals surface area contributed by atoms with E-state index in [2.05, 4.69) is 20.9 Å². The van der Waals surface area contributed by atoms with Crippen molar-refractivity contribution in [3.05, 3.63) is 70.7 Å². The van der Waals surface area contributed by atoms with Crippen LogP contribution in [-0.2, 0) is 49.4 Å². The van der Waals surface area contributed by atoms with Gasteiger partial charge in [-0.2, -0.15) is 13.2 Å². The predicted octanol–water partition coefficient (Wildman–Crippen LogP) is 5.08. The van der Waals surface area contributed by atoms with Crippen LogP contribution in [-0.4, -0.2) is 78.4 Å². The maximum absolute atomic E-state index is 14.6. The van der Waals surface area contributed by atoms with Crippen molar-refractivity contribution >= 4 is 34.6 Å². The molecular weight excluding hydrogens is 682 g/mol. The smallest absolute Gasteiger partial charge is 0.418 e. The van der Waals surface area contributed by atoms with Gasteiger partial charge in [-0.3, -0.25) is 14.4 Å². The summed E-state index contributed by atoms with van der Waals surface area (Å²) in [4.78, 5) is 60.1. The second-order valence-electron chi connectivity index (χ2n) is 14.1. The Kier molecular flexibility index (Phi) is 13.1. The highest BCUT2D eigenvalue weighted by molar-refractivity contribution is 5.98. The summed E-state index contributed by atoms with van der Waals surface area (Å²) < 4.78 is 61.9. The average molecular weight is 732 g/mol. The van der Waals surface area contributed by atoms with Crippen molar-refractivity contribution in [2.45, 2.75) is 90.0 Å². The molecule has 284 valence electrons. The van der Waals surface area contributed by atoms with Crippen molar-refractivity contribution in [2.24, 2.45) is 11.8 Å². The normalized spacial score (nSPS) is 18.2. The van der Waals surface area contributed by atoms with Crippen molar-refractivity contribution in [1.29, 1.82) is 0 Å². The van der Waals surface area contributed by atoms with Crippen molar-refractivity contribution in [1.82, 2.24) is 25.8 Å². The minimum atomic E-state index is -4.64. The van der Waals surface area contributed by atoms with Crippen LogP contribution in [0.15, 0.2) is 42.5 Å². The first kappa shape index (κ1) is 40.3. The number of esters is 1. The monoisotopic (exact) mass is 731 g/mol. The Morgan fingerprint density at radius 1 is 0.962 bits per heavy atom. The molecule has 0 bridgehead atoms. The number of carbonyl (C=O) groups excluding carboxylic acids is 4. The summed E-state index contributed by atoms with van der Waals surface area (Å²) >= 11 is 0. The third-order valence-corrected chi connectivity index (χ3v) is 10.1. The van der Waals surface area contributed by atoms with Crippen LogP contribution in [0, 0.1) is 17.7 Å². The van der Waals surface area contributed by atoms with E-state index in [0.29, 0.717) is 30.6 Å². The standard InChI is InChI=1S/C38H49F4N5O5/c1-7-22(3)31(44-30(48)20-24-12-9-10-15-28(24)39)34(49)46-37(36(51)45-32(23(4)8-2)35(50)52-19-18-47(5)6)17-16-29-26(21-37)25-13-11-14-27(33(25)43-29)38(40,41)42/h9-15,22-23,31-32,43H,7-8,16-21H2,1-6H3,(H,44,48)(H,45,51)(H,46,49). The van der Waals surface area contributed by atoms with Crippen molar-refractivity contribution < 1.29 is 41.5 Å². The molecule has 0 radical (unpaired) electrons. The molecule has 1 heterocycles. The number of hydrogen-bond donors (Lipinski definition) is 4. The van der Waals surface area contributed by atoms with E-state index in [9.17, 15) is 36.7 Å². The fraction of sp³-hybridized carbons (Fsp3) is 0.526. The minimum absolute atomic E-state index is 0.0228. The Hall–Kier alpha value is -4.46. The molecule has 0 saturated heterocycles. The molecule has 3 amide bonds. The first-order chi connectivity index (χ1) is 24.5. The van der Waals surface area contributed by atoms with Gasteiger partial charge in [0.1, 0.15) is 30.0 Å². The molecule has 3 aromatic rings. The number of rotatable bonds is 15. The lowest BCUT2D eigenvalue weighted by molar-refractivity contribution is -0.151. The number of aromatic amines is 1. The summed E-state index contributed by atoms with van der Waals surface area (Å²) in [6, 6.07) is 7.37. The van der Waals surface area contributed by atoms with Crippen molar-refractivity contribution in [2.75, 3.05) is 27.2 Å². The number of amides is 3. The molecule has 0 spiro atoms. The Morgan fingerprint density at radius 2 is 1.63 bits per heavy atom. The SMILES string of the molecule is CCC(C)C(NC(=O)Cc1ccccc1F)C(=O)NC1(C(=O)NC(C(=O)OCCN(C)C)C(C)CC)CCc2[nH]c3c(C(F)(F)F)cccc3c2C1. The number of hydrogen-bond acceptors (Lipinski definition) is 6. The van der Waals surface area contributed by atoms with Crippen molar-refractivity contribution in [3.8, 4) is 0 Å². The van der Waals surface area contributed by atoms with Gasteiger partial charge in [0, 0.05) is 24.0 Å². The van der Waals surface area contributed by atoms with Crippen LogP contribution in [0.1, 0.15) is 69.3 Å². The van der Waals surface area contributed by atoms with E-state index in [4.69, 9.17) is 4.74 Å². The lowest BCUT2D eigenvalue weighted by Crippen LogP contribution is -2.67. The molecule has 52 heavy (non-hydrogen) atoms. The molecule has 4 rings (SSSR count). The predicted molar refractivity (Wildman–Crippen MR) is 189 cm³/mol. The fourth-order valence-electron chi connectivity index (χ4n) is 6.49. The average Bonchev–Trinajstić information content (AvgIpc) is 3.46. The summed E-state index contributed by atoms with van der Waals surface area (Å²) in [7, 11) is 3.64. The molecule has 1 aromatic heterocycles. The van der Waals surface area contributed by atoms with Crippen molar-refractivity contribution in [3.63, 3.8) is 0 Å². The topological polar surface area (TPSA) is 133 Å². The van der Waals surface area contributed by atoms with Crippen LogP contribution >= 0.6 is 0 Å². The molecule has 1 aliphatic rings. The van der Waals surface area contributed by atoms with E-state index in [1.165, 1.54) is 30.3 Å². The minimum Gasteiger partial charge on any atom is -0.463 e. The van der Waals surface area contributed by atoms with Gasteiger partial charge in [0.15, 0.2) is 0 Å². The number of aromatic nitrogens is 1. The summed E-state index contributed by atoms with van der Waals surface area (Å²) in [5.74, 6) is -4.02. The molecule has 10 nitrogen and oxygen atoms in total. The summed E-state index contributed by atoms with van der Waals surface area (Å²) in [6.07, 6.45) is -4.12. The van der Waals surface area contributed by atoms with Gasteiger partial charge < -0.3 is 30.6 Å². The van der Waals surface area contributed by atoms with Gasteiger partial charge in [-0.1, -0.05) is 70.9 Å². The lowest BCUT2D eigenvalue weighted by Gasteiger charge is -2.39. The number of ether oxygens (including phenoxy) is 1. The molecule has 1 aliphatic carbocycles. The first-order valence-corrected chi connectivity index (χ1v) is 17.7. The van der Waals surface area contributed by atoms with Crippen LogP contribution < -0.4 is 16.0 Å². The molecule has 0 saturated carbocycles. The van der Waals surface area contributed by atoms with Crippen LogP contribution in [0.5, 0.6) is 0 Å². The zero-order chi connectivity index (χ0) is 38.4. The highest BCUT2D eigenvalue weighted by Crippen LogP contribution is 2.40. The number of nitrogens with one attached hydrogen (secondary N) is 4. The molecule has 2 aromatic carbocycles. The summed E-state index contributed by atoms with van der Waals surface area (Å²) in [5.41, 5.74) is -1.63. The van der Waals surface area contributed by atoms with Crippen LogP contribution in [0.3, 0.4) is 0 Å². The second kappa shape index (κ2) is 16.9. The number of fused-ring (bicyclic) bond motifs is 3. The maximum Gasteiger partial charge on any atom is 0.418 e. The maximum atomic E-state index is 14.6. The van der Waals surface area contributed by atoms with E-state index in [-0.39, 0.29) is 54.7 Å². The Balaban J connectivity index is 1.72. The zero-order valence-corrected chi connectivity index (χ0v) is 30.5. The summed E-state index contributed by atoms with van der Waals surface area (Å²) in [5, 5.41) is 8.70. The molecule has 5 unspecified atom stereocenters. The molecule has 5 atom stereocenters. The van der Waals surface area contributed by atoms with Gasteiger partial charge >= 0.3 is 12.1 Å². The van der Waals surface area contributed by atoms with Crippen LogP contribution in [0.4, 0.5) is 17.6 Å². The highest BCUT2D eigenvalue weighted by Gasteiger charge is 2.47. The zero-order valence-electron chi connectivity index (χ0n) is 30.5. The molecule has 14 heteroatoms. The van der Waals surface area contributed by atoms with Crippen LogP contribution in [0.25, 0.3) is 10.9 Å². The quantitative estimate of drug-likeness (QED) is 0.127. The van der Waals surface area contributed by atoms with Gasteiger partial charge in [-0.05, 0) is 62.0 Å². The van der Waals surface area contributed by atoms with Gasteiger partial charge in [0.25, 0.3) is 0 Å². The van der Waals surface area contributed by atoms with E-state index < -0.39 is 64.8 Å².